The van der Waals surface area contributed by atoms with Crippen LogP contribution < -0.4 is 15.5 Å². The maximum absolute atomic E-state index is 13.1. The maximum Gasteiger partial charge on any atom is 0.252 e. The number of nitrogens with one attached hydrogen (secondary N) is 2. The number of ether oxygens (including phenoxy) is 1. The molecule has 0 aliphatic carbocycles. The molecule has 2 aromatic rings. The predicted octanol–water partition coefficient (Wildman–Crippen LogP) is 1.83. The lowest BCUT2D eigenvalue weighted by atomic mass is 9.94. The van der Waals surface area contributed by atoms with Gasteiger partial charge in [-0.25, -0.2) is 0 Å². The Hall–Kier alpha value is -3.24. The Morgan fingerprint density at radius 2 is 1.76 bits per heavy atom. The summed E-state index contributed by atoms with van der Waals surface area (Å²) >= 11 is 0. The van der Waals surface area contributed by atoms with E-state index in [1.807, 2.05) is 74.2 Å². The molecule has 0 aromatic heterocycles. The molecule has 37 heavy (non-hydrogen) atoms. The van der Waals surface area contributed by atoms with Gasteiger partial charge in [0.15, 0.2) is 6.10 Å². The first-order valence-corrected chi connectivity index (χ1v) is 12.3. The number of hydrogen-bond acceptors (Lipinski definition) is 7. The van der Waals surface area contributed by atoms with E-state index >= 15 is 0 Å². The fourth-order valence-corrected chi connectivity index (χ4v) is 4.08. The molecule has 0 saturated carbocycles. The van der Waals surface area contributed by atoms with E-state index in [1.54, 1.807) is 12.1 Å². The molecule has 200 valence electrons. The standard InChI is InChI=1S/C28H37N3O6/c1-28(2,3)15-14-22(32)23(33)24(34)25(37-4)27(36)30-20-17-31(16-18-10-6-5-7-11-18)21-13-9-8-12-19(21)29-26(20)35/h5-15,20,22-25,32-34H,16-17H2,1-4H3,(H,29,35)(H,30,36)/t20-,22?,23?,24?,25?/m0/s1. The van der Waals surface area contributed by atoms with E-state index in [0.717, 1.165) is 11.3 Å². The van der Waals surface area contributed by atoms with Crippen molar-refractivity contribution in [2.75, 3.05) is 23.9 Å². The Labute approximate surface area is 217 Å². The van der Waals surface area contributed by atoms with Crippen molar-refractivity contribution in [3.63, 3.8) is 0 Å². The van der Waals surface area contributed by atoms with E-state index < -0.39 is 42.3 Å². The second-order valence-electron chi connectivity index (χ2n) is 10.3. The first-order chi connectivity index (χ1) is 17.5. The van der Waals surface area contributed by atoms with E-state index in [9.17, 15) is 24.9 Å². The molecule has 5 atom stereocenters. The van der Waals surface area contributed by atoms with Gasteiger partial charge in [-0.2, -0.15) is 0 Å². The molecular formula is C28H37N3O6. The zero-order valence-electron chi connectivity index (χ0n) is 21.7. The van der Waals surface area contributed by atoms with Crippen LogP contribution in [0, 0.1) is 5.41 Å². The van der Waals surface area contributed by atoms with Crippen LogP contribution in [0.3, 0.4) is 0 Å². The summed E-state index contributed by atoms with van der Waals surface area (Å²) in [4.78, 5) is 28.2. The molecule has 0 bridgehead atoms. The Bertz CT molecular complexity index is 1080. The van der Waals surface area contributed by atoms with E-state index in [-0.39, 0.29) is 12.0 Å². The van der Waals surface area contributed by atoms with Crippen molar-refractivity contribution < 1.29 is 29.6 Å². The quantitative estimate of drug-likeness (QED) is 0.325. The second-order valence-corrected chi connectivity index (χ2v) is 10.3. The van der Waals surface area contributed by atoms with Crippen LogP contribution in [0.25, 0.3) is 0 Å². The Morgan fingerprint density at radius 3 is 2.41 bits per heavy atom. The van der Waals surface area contributed by atoms with Crippen LogP contribution in [0.5, 0.6) is 0 Å². The van der Waals surface area contributed by atoms with E-state index in [2.05, 4.69) is 10.6 Å². The fourth-order valence-electron chi connectivity index (χ4n) is 4.08. The van der Waals surface area contributed by atoms with Gasteiger partial charge >= 0.3 is 0 Å². The summed E-state index contributed by atoms with van der Waals surface area (Å²) in [6.07, 6.45) is -3.29. The van der Waals surface area contributed by atoms with Crippen molar-refractivity contribution in [3.05, 3.63) is 72.3 Å². The maximum atomic E-state index is 13.1. The minimum absolute atomic E-state index is 0.162. The number of hydrogen-bond donors (Lipinski definition) is 5. The number of benzene rings is 2. The van der Waals surface area contributed by atoms with Crippen LogP contribution in [-0.4, -0.2) is 71.2 Å². The summed E-state index contributed by atoms with van der Waals surface area (Å²) in [7, 11) is 1.21. The molecule has 1 aliphatic heterocycles. The van der Waals surface area contributed by atoms with Crippen molar-refractivity contribution >= 4 is 23.2 Å². The van der Waals surface area contributed by atoms with Crippen molar-refractivity contribution in [1.82, 2.24) is 5.32 Å². The highest BCUT2D eigenvalue weighted by atomic mass is 16.5. The molecule has 2 aromatic carbocycles. The number of anilines is 2. The topological polar surface area (TPSA) is 131 Å². The monoisotopic (exact) mass is 511 g/mol. The SMILES string of the molecule is COC(C(=O)N[C@H]1CN(Cc2ccccc2)c2ccccc2NC1=O)C(O)C(O)C(O)C=CC(C)(C)C. The molecule has 2 amide bonds. The first-order valence-electron chi connectivity index (χ1n) is 12.3. The average Bonchev–Trinajstić information content (AvgIpc) is 2.98. The molecular weight excluding hydrogens is 474 g/mol. The smallest absolute Gasteiger partial charge is 0.252 e. The van der Waals surface area contributed by atoms with Gasteiger partial charge in [0, 0.05) is 20.2 Å². The Kier molecular flexibility index (Phi) is 9.45. The van der Waals surface area contributed by atoms with Gasteiger partial charge in [0.1, 0.15) is 24.4 Å². The number of fused-ring (bicyclic) bond motifs is 1. The minimum Gasteiger partial charge on any atom is -0.387 e. The molecule has 1 aliphatic rings. The van der Waals surface area contributed by atoms with Gasteiger partial charge in [-0.15, -0.1) is 0 Å². The lowest BCUT2D eigenvalue weighted by Crippen LogP contribution is -2.56. The number of allylic oxidation sites excluding steroid dienone is 1. The number of carbonyl (C=O) groups is 2. The molecule has 0 fully saturated rings. The number of methoxy groups -OCH3 is 1. The van der Waals surface area contributed by atoms with E-state index in [0.29, 0.717) is 12.2 Å². The molecule has 5 N–H and O–H groups in total. The van der Waals surface area contributed by atoms with Gasteiger partial charge in [0.25, 0.3) is 5.91 Å². The van der Waals surface area contributed by atoms with Crippen molar-refractivity contribution in [2.24, 2.45) is 5.41 Å². The van der Waals surface area contributed by atoms with Crippen molar-refractivity contribution in [1.29, 1.82) is 0 Å². The summed E-state index contributed by atoms with van der Waals surface area (Å²) < 4.78 is 5.18. The Morgan fingerprint density at radius 1 is 1.11 bits per heavy atom. The summed E-state index contributed by atoms with van der Waals surface area (Å²) in [6, 6.07) is 16.2. The van der Waals surface area contributed by atoms with Crippen LogP contribution >= 0.6 is 0 Å². The molecule has 0 saturated heterocycles. The van der Waals surface area contributed by atoms with Gasteiger partial charge in [0.2, 0.25) is 5.91 Å². The predicted molar refractivity (Wildman–Crippen MR) is 142 cm³/mol. The van der Waals surface area contributed by atoms with Crippen molar-refractivity contribution in [3.8, 4) is 0 Å². The number of nitrogens with zero attached hydrogens (tertiary/aromatic N) is 1. The average molecular weight is 512 g/mol. The molecule has 1 heterocycles. The second kappa shape index (κ2) is 12.3. The summed E-state index contributed by atoms with van der Waals surface area (Å²) in [6.45, 7) is 6.42. The zero-order chi connectivity index (χ0) is 27.2. The van der Waals surface area contributed by atoms with Crippen molar-refractivity contribution in [2.45, 2.75) is 57.8 Å². The normalized spacial score (nSPS) is 19.4. The molecule has 0 spiro atoms. The molecule has 9 heteroatoms. The van der Waals surface area contributed by atoms with Gasteiger partial charge in [0.05, 0.1) is 11.4 Å². The van der Waals surface area contributed by atoms with Crippen LogP contribution in [0.1, 0.15) is 26.3 Å². The zero-order valence-corrected chi connectivity index (χ0v) is 21.7. The van der Waals surface area contributed by atoms with Crippen LogP contribution in [0.4, 0.5) is 11.4 Å². The van der Waals surface area contributed by atoms with E-state index in [1.165, 1.54) is 13.2 Å². The van der Waals surface area contributed by atoms with Gasteiger partial charge in [-0.3, -0.25) is 9.59 Å². The third kappa shape index (κ3) is 7.62. The summed E-state index contributed by atoms with van der Waals surface area (Å²) in [5.74, 6) is -1.21. The summed E-state index contributed by atoms with van der Waals surface area (Å²) in [5.41, 5.74) is 2.21. The highest BCUT2D eigenvalue weighted by molar-refractivity contribution is 6.01. The number of carbonyl (C=O) groups excluding carboxylic acids is 2. The molecule has 9 nitrogen and oxygen atoms in total. The largest absolute Gasteiger partial charge is 0.387 e. The summed E-state index contributed by atoms with van der Waals surface area (Å²) in [5, 5.41) is 36.9. The van der Waals surface area contributed by atoms with Gasteiger partial charge in [-0.05, 0) is 23.1 Å². The first kappa shape index (κ1) is 28.3. The highest BCUT2D eigenvalue weighted by Gasteiger charge is 2.38. The van der Waals surface area contributed by atoms with Crippen LogP contribution in [0.15, 0.2) is 66.7 Å². The lowest BCUT2D eigenvalue weighted by molar-refractivity contribution is -0.150. The highest BCUT2D eigenvalue weighted by Crippen LogP contribution is 2.30. The van der Waals surface area contributed by atoms with E-state index in [4.69, 9.17) is 4.74 Å². The third-order valence-corrected chi connectivity index (χ3v) is 6.07. The van der Waals surface area contributed by atoms with Gasteiger partial charge in [-0.1, -0.05) is 75.4 Å². The van der Waals surface area contributed by atoms with Crippen LogP contribution in [0.2, 0.25) is 0 Å². The van der Waals surface area contributed by atoms with Crippen LogP contribution in [-0.2, 0) is 20.9 Å². The number of para-hydroxylation sites is 2. The molecule has 4 unspecified atom stereocenters. The number of rotatable bonds is 9. The molecule has 3 rings (SSSR count). The third-order valence-electron chi connectivity index (χ3n) is 6.07. The van der Waals surface area contributed by atoms with Gasteiger partial charge < -0.3 is 35.6 Å². The number of aliphatic hydroxyl groups excluding tert-OH is 3. The molecule has 0 radical (unpaired) electrons. The lowest BCUT2D eigenvalue weighted by Gasteiger charge is -2.30. The fraction of sp³-hybridized carbons (Fsp3) is 0.429. The minimum atomic E-state index is -1.74. The Balaban J connectivity index is 1.76. The number of amides is 2. The number of aliphatic hydroxyl groups is 3.